The second-order valence-electron chi connectivity index (χ2n) is 8.15. The van der Waals surface area contributed by atoms with Crippen LogP contribution in [0.4, 0.5) is 0 Å². The molecule has 148 valence electrons. The fourth-order valence-electron chi connectivity index (χ4n) is 3.58. The Balaban J connectivity index is 1.91. The predicted octanol–water partition coefficient (Wildman–Crippen LogP) is 5.18. The van der Waals surface area contributed by atoms with Gasteiger partial charge in [0.25, 0.3) is 0 Å². The van der Waals surface area contributed by atoms with Crippen molar-refractivity contribution >= 4 is 10.8 Å². The molecule has 0 amide bonds. The van der Waals surface area contributed by atoms with Gasteiger partial charge in [0.1, 0.15) is 11.6 Å². The lowest BCUT2D eigenvalue weighted by Gasteiger charge is -2.18. The predicted molar refractivity (Wildman–Crippen MR) is 118 cm³/mol. The topological polar surface area (TPSA) is 66.0 Å². The number of benzene rings is 2. The third-order valence-corrected chi connectivity index (χ3v) is 4.93. The van der Waals surface area contributed by atoms with Crippen molar-refractivity contribution in [2.75, 3.05) is 12.4 Å². The number of rotatable bonds is 4. The van der Waals surface area contributed by atoms with Gasteiger partial charge in [0, 0.05) is 28.9 Å². The van der Waals surface area contributed by atoms with E-state index in [2.05, 4.69) is 56.1 Å². The van der Waals surface area contributed by atoms with E-state index < -0.39 is 0 Å². The van der Waals surface area contributed by atoms with Crippen molar-refractivity contribution in [1.29, 1.82) is 0 Å². The summed E-state index contributed by atoms with van der Waals surface area (Å²) in [7, 11) is 0. The van der Waals surface area contributed by atoms with Crippen LogP contribution in [-0.4, -0.2) is 21.3 Å². The van der Waals surface area contributed by atoms with Crippen molar-refractivity contribution in [3.8, 4) is 28.3 Å². The van der Waals surface area contributed by atoms with Gasteiger partial charge in [-0.1, -0.05) is 39.0 Å². The number of nitrogens with zero attached hydrogens (tertiary/aromatic N) is 3. The number of hydrogen-bond acceptors (Lipinski definition) is 4. The molecule has 0 atom stereocenters. The lowest BCUT2D eigenvalue weighted by atomic mass is 9.96. The normalized spacial score (nSPS) is 11.7. The molecule has 2 heterocycles. The van der Waals surface area contributed by atoms with E-state index in [9.17, 15) is 0 Å². The Labute approximate surface area is 171 Å². The Hall–Kier alpha value is -3.34. The molecule has 0 aliphatic carbocycles. The van der Waals surface area contributed by atoms with Crippen LogP contribution in [0.2, 0.25) is 0 Å². The SMILES string of the molecule is CCOc1ccc2cc(-c3nc(C(C)(C)C)n(N)c3-c3ccncc3)ccc2c1. The van der Waals surface area contributed by atoms with Gasteiger partial charge < -0.3 is 10.6 Å². The van der Waals surface area contributed by atoms with E-state index in [1.807, 2.05) is 25.1 Å². The van der Waals surface area contributed by atoms with Crippen molar-refractivity contribution in [1.82, 2.24) is 14.6 Å². The number of nitrogens with two attached hydrogens (primary N) is 1. The summed E-state index contributed by atoms with van der Waals surface area (Å²) in [5.41, 5.74) is 3.61. The van der Waals surface area contributed by atoms with Gasteiger partial charge in [0.05, 0.1) is 18.0 Å². The average Bonchev–Trinajstić information content (AvgIpc) is 3.06. The molecule has 0 unspecified atom stereocenters. The summed E-state index contributed by atoms with van der Waals surface area (Å²) in [5, 5.41) is 2.27. The van der Waals surface area contributed by atoms with Crippen LogP contribution >= 0.6 is 0 Å². The fraction of sp³-hybridized carbons (Fsp3) is 0.250. The smallest absolute Gasteiger partial charge is 0.133 e. The first kappa shape index (κ1) is 19.0. The van der Waals surface area contributed by atoms with Gasteiger partial charge in [-0.25, -0.2) is 9.66 Å². The molecule has 0 aliphatic heterocycles. The van der Waals surface area contributed by atoms with E-state index in [1.165, 1.54) is 0 Å². The van der Waals surface area contributed by atoms with Gasteiger partial charge in [-0.15, -0.1) is 0 Å². The highest BCUT2D eigenvalue weighted by molar-refractivity contribution is 5.90. The molecule has 0 bridgehead atoms. The molecule has 29 heavy (non-hydrogen) atoms. The van der Waals surface area contributed by atoms with E-state index in [0.717, 1.165) is 44.9 Å². The monoisotopic (exact) mass is 386 g/mol. The van der Waals surface area contributed by atoms with E-state index in [0.29, 0.717) is 6.61 Å². The van der Waals surface area contributed by atoms with Gasteiger partial charge in [-0.3, -0.25) is 4.98 Å². The highest BCUT2D eigenvalue weighted by Crippen LogP contribution is 2.36. The molecule has 4 rings (SSSR count). The maximum absolute atomic E-state index is 6.54. The van der Waals surface area contributed by atoms with Crippen molar-refractivity contribution in [3.05, 3.63) is 66.7 Å². The minimum Gasteiger partial charge on any atom is -0.494 e. The zero-order chi connectivity index (χ0) is 20.6. The number of pyridine rings is 1. The summed E-state index contributed by atoms with van der Waals surface area (Å²) in [5.74, 6) is 8.26. The highest BCUT2D eigenvalue weighted by atomic mass is 16.5. The maximum Gasteiger partial charge on any atom is 0.133 e. The second kappa shape index (κ2) is 7.24. The van der Waals surface area contributed by atoms with Crippen LogP contribution in [0, 0.1) is 0 Å². The van der Waals surface area contributed by atoms with Gasteiger partial charge >= 0.3 is 0 Å². The molecule has 0 spiro atoms. The zero-order valence-electron chi connectivity index (χ0n) is 17.3. The Morgan fingerprint density at radius 2 is 1.62 bits per heavy atom. The summed E-state index contributed by atoms with van der Waals surface area (Å²) < 4.78 is 7.34. The minimum absolute atomic E-state index is 0.183. The molecule has 0 aliphatic rings. The summed E-state index contributed by atoms with van der Waals surface area (Å²) in [6, 6.07) is 16.4. The Morgan fingerprint density at radius 1 is 0.931 bits per heavy atom. The number of ether oxygens (including phenoxy) is 1. The molecule has 2 aromatic heterocycles. The quantitative estimate of drug-likeness (QED) is 0.491. The first-order chi connectivity index (χ1) is 13.9. The largest absolute Gasteiger partial charge is 0.494 e. The molecular weight excluding hydrogens is 360 g/mol. The Bertz CT molecular complexity index is 1160. The molecule has 5 heteroatoms. The van der Waals surface area contributed by atoms with Crippen LogP contribution < -0.4 is 10.6 Å². The molecular formula is C24H26N4O. The van der Waals surface area contributed by atoms with Crippen molar-refractivity contribution in [2.24, 2.45) is 0 Å². The van der Waals surface area contributed by atoms with Crippen LogP contribution in [0.1, 0.15) is 33.5 Å². The van der Waals surface area contributed by atoms with E-state index in [-0.39, 0.29) is 5.41 Å². The van der Waals surface area contributed by atoms with Gasteiger partial charge in [0.2, 0.25) is 0 Å². The molecule has 0 saturated heterocycles. The van der Waals surface area contributed by atoms with Crippen LogP contribution in [0.15, 0.2) is 60.9 Å². The fourth-order valence-corrected chi connectivity index (χ4v) is 3.58. The molecule has 4 aromatic rings. The van der Waals surface area contributed by atoms with E-state index >= 15 is 0 Å². The lowest BCUT2D eigenvalue weighted by molar-refractivity contribution is 0.341. The third-order valence-electron chi connectivity index (χ3n) is 4.93. The lowest BCUT2D eigenvalue weighted by Crippen LogP contribution is -2.24. The third kappa shape index (κ3) is 3.56. The molecule has 2 aromatic carbocycles. The van der Waals surface area contributed by atoms with Crippen LogP contribution in [0.5, 0.6) is 5.75 Å². The number of aromatic nitrogens is 3. The van der Waals surface area contributed by atoms with E-state index in [1.54, 1.807) is 17.1 Å². The standard InChI is InChI=1S/C24H26N4O/c1-5-29-20-9-8-17-14-19(7-6-18(17)15-20)21-22(16-10-12-26-13-11-16)28(25)23(27-21)24(2,3)4/h6-15H,5,25H2,1-4H3. The van der Waals surface area contributed by atoms with Gasteiger partial charge in [-0.2, -0.15) is 0 Å². The molecule has 0 radical (unpaired) electrons. The first-order valence-electron chi connectivity index (χ1n) is 9.84. The minimum atomic E-state index is -0.183. The van der Waals surface area contributed by atoms with Crippen LogP contribution in [0.25, 0.3) is 33.3 Å². The van der Waals surface area contributed by atoms with Crippen molar-refractivity contribution in [3.63, 3.8) is 0 Å². The number of hydrogen-bond donors (Lipinski definition) is 1. The van der Waals surface area contributed by atoms with Crippen molar-refractivity contribution < 1.29 is 4.74 Å². The van der Waals surface area contributed by atoms with Crippen LogP contribution in [-0.2, 0) is 5.41 Å². The Morgan fingerprint density at radius 3 is 2.31 bits per heavy atom. The average molecular weight is 386 g/mol. The molecule has 5 nitrogen and oxygen atoms in total. The molecule has 0 saturated carbocycles. The number of nitrogen functional groups attached to an aromatic ring is 1. The van der Waals surface area contributed by atoms with E-state index in [4.69, 9.17) is 15.6 Å². The number of imidazole rings is 1. The van der Waals surface area contributed by atoms with Gasteiger partial charge in [0.15, 0.2) is 0 Å². The maximum atomic E-state index is 6.54. The van der Waals surface area contributed by atoms with Crippen LogP contribution in [0.3, 0.4) is 0 Å². The summed E-state index contributed by atoms with van der Waals surface area (Å²) in [6.07, 6.45) is 3.55. The first-order valence-corrected chi connectivity index (χ1v) is 9.84. The molecule has 0 fully saturated rings. The summed E-state index contributed by atoms with van der Waals surface area (Å²) in [4.78, 5) is 9.11. The second-order valence-corrected chi connectivity index (χ2v) is 8.15. The number of fused-ring (bicyclic) bond motifs is 1. The zero-order valence-corrected chi connectivity index (χ0v) is 17.3. The van der Waals surface area contributed by atoms with Gasteiger partial charge in [-0.05, 0) is 48.0 Å². The highest BCUT2D eigenvalue weighted by Gasteiger charge is 2.26. The van der Waals surface area contributed by atoms with Crippen molar-refractivity contribution in [2.45, 2.75) is 33.1 Å². The Kier molecular flexibility index (Phi) is 4.74. The summed E-state index contributed by atoms with van der Waals surface area (Å²) >= 11 is 0. The summed E-state index contributed by atoms with van der Waals surface area (Å²) in [6.45, 7) is 9.00. The molecule has 2 N–H and O–H groups in total.